The van der Waals surface area contributed by atoms with Gasteiger partial charge in [-0.2, -0.15) is 38.8 Å². The third-order valence-electron chi connectivity index (χ3n) is 7.70. The fraction of sp³-hybridized carbons (Fsp3) is 0.258. The highest BCUT2D eigenvalue weighted by Gasteiger charge is 2.22. The molecule has 0 saturated heterocycles. The first-order valence-electron chi connectivity index (χ1n) is 15.8. The second kappa shape index (κ2) is 16.7. The quantitative estimate of drug-likeness (QED) is 0.0219. The monoisotopic (exact) mass is 888 g/mol. The number of ether oxygens (including phenoxy) is 1. The number of azo groups is 2. The maximum Gasteiger partial charge on any atom is 0.296 e. The number of benzene rings is 4. The Morgan fingerprint density at radius 3 is 2.04 bits per heavy atom. The lowest BCUT2D eigenvalue weighted by molar-refractivity contribution is 0.318. The lowest BCUT2D eigenvalue weighted by atomic mass is 10.1. The summed E-state index contributed by atoms with van der Waals surface area (Å²) in [4.78, 5) is 3.70. The van der Waals surface area contributed by atoms with Crippen LogP contribution >= 0.6 is 23.1 Å². The number of nitrogens with zero attached hydrogens (tertiary/aromatic N) is 5. The minimum atomic E-state index is -4.81. The number of aryl methyl sites for hydroxylation is 2. The summed E-state index contributed by atoms with van der Waals surface area (Å²) < 4.78 is 136. The lowest BCUT2D eigenvalue weighted by Gasteiger charge is -2.11. The summed E-state index contributed by atoms with van der Waals surface area (Å²) in [5, 5.41) is 17.6. The third kappa shape index (κ3) is 11.2. The molecule has 0 unspecified atom stereocenters. The molecule has 0 aliphatic heterocycles. The number of nitrogen functional groups attached to an aromatic ring is 1. The maximum absolute atomic E-state index is 12.3. The molecule has 0 atom stereocenters. The second-order valence-electron chi connectivity index (χ2n) is 12.0. The highest BCUT2D eigenvalue weighted by atomic mass is 32.2. The molecule has 5 aromatic rings. The van der Waals surface area contributed by atoms with Gasteiger partial charge < -0.3 is 10.5 Å². The molecule has 0 spiro atoms. The molecule has 25 heteroatoms. The highest BCUT2D eigenvalue weighted by molar-refractivity contribution is 7.99. The standard InChI is InChI=1S/C31H32N6O13S6/c1-17-11-22(32)26(50-7-3-9-53(38,39)40)15-23(17)34-36-25-12-18(2)24(16-27(25)51-8-4-10-54(41,42)43)35-37-31-33-29-28(56(47,48)49)13-19-5-6-20(55(44,45)46)14-21(19)30(29)52-31/h5-6,11-16H,3-4,7-10,32H2,1-2H3,(H,38,39,40)(H,41,42,43)(H,44,45,46)(H,47,48,49). The largest absolute Gasteiger partial charge is 0.491 e. The molecular formula is C31H32N6O13S6. The van der Waals surface area contributed by atoms with Crippen LogP contribution in [0.4, 0.5) is 27.9 Å². The number of rotatable bonds is 16. The van der Waals surface area contributed by atoms with Crippen molar-refractivity contribution in [3.05, 3.63) is 59.7 Å². The summed E-state index contributed by atoms with van der Waals surface area (Å²) in [6.07, 6.45) is 0.0821. The number of thiazole rings is 1. The molecule has 1 aromatic heterocycles. The molecule has 0 aliphatic rings. The molecule has 0 radical (unpaired) electrons. The van der Waals surface area contributed by atoms with Crippen molar-refractivity contribution < 1.29 is 56.6 Å². The van der Waals surface area contributed by atoms with E-state index in [1.807, 2.05) is 0 Å². The van der Waals surface area contributed by atoms with Crippen molar-refractivity contribution in [1.29, 1.82) is 0 Å². The number of fused-ring (bicyclic) bond motifs is 3. The van der Waals surface area contributed by atoms with E-state index in [1.54, 1.807) is 32.0 Å². The normalized spacial score (nSPS) is 13.1. The zero-order chi connectivity index (χ0) is 41.2. The Morgan fingerprint density at radius 1 is 0.750 bits per heavy atom. The SMILES string of the molecule is Cc1cc(N=Nc2cc(OCCCS(=O)(=O)O)c(N)cc2C)c(SCCCS(=O)(=O)O)cc1N=Nc1nc2c(S(=O)(=O)O)cc3ccc(S(=O)(=O)O)cc3c2s1. The minimum absolute atomic E-state index is 0.00348. The van der Waals surface area contributed by atoms with Gasteiger partial charge in [-0.15, -0.1) is 27.1 Å². The molecule has 19 nitrogen and oxygen atoms in total. The lowest BCUT2D eigenvalue weighted by Crippen LogP contribution is -2.09. The van der Waals surface area contributed by atoms with Crippen LogP contribution in [-0.2, 0) is 40.5 Å². The Bertz CT molecular complexity index is 2860. The summed E-state index contributed by atoms with van der Waals surface area (Å²) in [6, 6.07) is 10.9. The Balaban J connectivity index is 1.51. The van der Waals surface area contributed by atoms with Crippen LogP contribution in [0.25, 0.3) is 21.0 Å². The zero-order valence-electron chi connectivity index (χ0n) is 29.1. The van der Waals surface area contributed by atoms with E-state index in [9.17, 15) is 47.3 Å². The molecule has 0 bridgehead atoms. The van der Waals surface area contributed by atoms with E-state index in [0.717, 1.165) is 29.5 Å². The van der Waals surface area contributed by atoms with Gasteiger partial charge in [0, 0.05) is 16.3 Å². The molecule has 4 aromatic carbocycles. The van der Waals surface area contributed by atoms with Gasteiger partial charge in [0.25, 0.3) is 40.5 Å². The molecule has 1 heterocycles. The van der Waals surface area contributed by atoms with Gasteiger partial charge in [0.1, 0.15) is 16.2 Å². The van der Waals surface area contributed by atoms with Crippen LogP contribution in [-0.4, -0.2) is 80.7 Å². The van der Waals surface area contributed by atoms with E-state index in [1.165, 1.54) is 23.9 Å². The number of anilines is 1. The van der Waals surface area contributed by atoms with Crippen LogP contribution in [0.2, 0.25) is 0 Å². The van der Waals surface area contributed by atoms with Gasteiger partial charge in [-0.05, 0) is 85.4 Å². The van der Waals surface area contributed by atoms with Crippen molar-refractivity contribution in [3.8, 4) is 5.75 Å². The van der Waals surface area contributed by atoms with Crippen molar-refractivity contribution in [2.45, 2.75) is 41.4 Å². The molecule has 0 amide bonds. The maximum atomic E-state index is 12.3. The zero-order valence-corrected chi connectivity index (χ0v) is 34.0. The average molecular weight is 889 g/mol. The van der Waals surface area contributed by atoms with Crippen LogP contribution in [0.3, 0.4) is 0 Å². The smallest absolute Gasteiger partial charge is 0.296 e. The second-order valence-corrected chi connectivity index (χ2v) is 20.1. The van der Waals surface area contributed by atoms with Gasteiger partial charge >= 0.3 is 0 Å². The molecule has 0 aliphatic carbocycles. The molecule has 5 rings (SSSR count). The number of hydrogen-bond acceptors (Lipinski definition) is 17. The Morgan fingerprint density at radius 2 is 1.38 bits per heavy atom. The Hall–Kier alpha value is -4.18. The van der Waals surface area contributed by atoms with E-state index >= 15 is 0 Å². The fourth-order valence-corrected chi connectivity index (χ4v) is 9.38. The van der Waals surface area contributed by atoms with Gasteiger partial charge in [-0.25, -0.2) is 4.98 Å². The molecule has 0 saturated carbocycles. The van der Waals surface area contributed by atoms with E-state index in [0.29, 0.717) is 33.1 Å². The van der Waals surface area contributed by atoms with Crippen LogP contribution in [0.1, 0.15) is 24.0 Å². The van der Waals surface area contributed by atoms with Gasteiger partial charge in [-0.1, -0.05) is 17.4 Å². The molecule has 300 valence electrons. The summed E-state index contributed by atoms with van der Waals surface area (Å²) >= 11 is 2.03. The summed E-state index contributed by atoms with van der Waals surface area (Å²) in [6.45, 7) is 3.35. The van der Waals surface area contributed by atoms with Gasteiger partial charge in [0.2, 0.25) is 5.13 Å². The molecule has 6 N–H and O–H groups in total. The first-order chi connectivity index (χ1) is 26.0. The third-order valence-corrected chi connectivity index (χ3v) is 13.1. The molecule has 56 heavy (non-hydrogen) atoms. The van der Waals surface area contributed by atoms with E-state index in [4.69, 9.17) is 15.0 Å². The molecular weight excluding hydrogens is 857 g/mol. The van der Waals surface area contributed by atoms with Crippen molar-refractivity contribution in [3.63, 3.8) is 0 Å². The van der Waals surface area contributed by atoms with E-state index < -0.39 is 61.8 Å². The molecule has 0 fully saturated rings. The number of nitrogens with two attached hydrogens (primary N) is 1. The van der Waals surface area contributed by atoms with Crippen molar-refractivity contribution in [1.82, 2.24) is 4.98 Å². The van der Waals surface area contributed by atoms with Crippen LogP contribution in [0.5, 0.6) is 5.75 Å². The van der Waals surface area contributed by atoms with Crippen LogP contribution in [0, 0.1) is 13.8 Å². The minimum Gasteiger partial charge on any atom is -0.491 e. The summed E-state index contributed by atoms with van der Waals surface area (Å²) in [5.41, 5.74) is 8.25. The summed E-state index contributed by atoms with van der Waals surface area (Å²) in [7, 11) is -17.8. The van der Waals surface area contributed by atoms with E-state index in [2.05, 4.69) is 25.4 Å². The topological polar surface area (TPSA) is 315 Å². The fourth-order valence-electron chi connectivity index (χ4n) is 5.07. The predicted molar refractivity (Wildman–Crippen MR) is 210 cm³/mol. The first-order valence-corrected chi connectivity index (χ1v) is 23.7. The van der Waals surface area contributed by atoms with Crippen molar-refractivity contribution in [2.24, 2.45) is 20.5 Å². The van der Waals surface area contributed by atoms with Crippen molar-refractivity contribution >= 4 is 112 Å². The average Bonchev–Trinajstić information content (AvgIpc) is 3.51. The van der Waals surface area contributed by atoms with Gasteiger partial charge in [-0.3, -0.25) is 18.2 Å². The van der Waals surface area contributed by atoms with Crippen molar-refractivity contribution in [2.75, 3.05) is 29.6 Å². The summed E-state index contributed by atoms with van der Waals surface area (Å²) in [5.74, 6) is -0.564. The highest BCUT2D eigenvalue weighted by Crippen LogP contribution is 2.41. The van der Waals surface area contributed by atoms with Crippen LogP contribution in [0.15, 0.2) is 83.7 Å². The first kappa shape index (κ1) is 43.0. The van der Waals surface area contributed by atoms with Gasteiger partial charge in [0.15, 0.2) is 0 Å². The predicted octanol–water partition coefficient (Wildman–Crippen LogP) is 7.00. The number of thioether (sulfide) groups is 1. The Kier molecular flexibility index (Phi) is 12.8. The number of aromatic nitrogens is 1. The van der Waals surface area contributed by atoms with E-state index in [-0.39, 0.29) is 62.8 Å². The number of hydrogen-bond donors (Lipinski definition) is 5. The van der Waals surface area contributed by atoms with Gasteiger partial charge in [0.05, 0.1) is 50.5 Å². The van der Waals surface area contributed by atoms with Crippen LogP contribution < -0.4 is 10.5 Å². The Labute approximate surface area is 329 Å².